The van der Waals surface area contributed by atoms with E-state index in [9.17, 15) is 0 Å². The standard InChI is InChI=1S/C18H21N/c1-15(18-10-3-2-4-11-18)13-17-8-5-7-16(14-17)9-6-12-19/h2-5,7-8,10-11,13-14H,6,9,12,19H2,1H3/b15-13+. The first-order valence-corrected chi connectivity index (χ1v) is 6.82. The van der Waals surface area contributed by atoms with Crippen LogP contribution < -0.4 is 5.73 Å². The predicted molar refractivity (Wildman–Crippen MR) is 83.8 cm³/mol. The quantitative estimate of drug-likeness (QED) is 0.794. The van der Waals surface area contributed by atoms with Crippen molar-refractivity contribution >= 4 is 11.6 Å². The number of nitrogens with two attached hydrogens (primary N) is 1. The fourth-order valence-corrected chi connectivity index (χ4v) is 2.18. The Hall–Kier alpha value is -1.86. The Morgan fingerprint density at radius 3 is 2.58 bits per heavy atom. The molecule has 19 heavy (non-hydrogen) atoms. The molecule has 0 fully saturated rings. The molecule has 0 saturated carbocycles. The molecule has 2 aromatic carbocycles. The van der Waals surface area contributed by atoms with Crippen LogP contribution in [0.1, 0.15) is 30.0 Å². The molecular formula is C18H21N. The monoisotopic (exact) mass is 251 g/mol. The average Bonchev–Trinajstić information content (AvgIpc) is 2.46. The van der Waals surface area contributed by atoms with Crippen LogP contribution in [0.5, 0.6) is 0 Å². The van der Waals surface area contributed by atoms with Gasteiger partial charge in [0, 0.05) is 0 Å². The molecule has 0 heterocycles. The maximum Gasteiger partial charge on any atom is -0.00741 e. The van der Waals surface area contributed by atoms with Crippen LogP contribution in [0.25, 0.3) is 11.6 Å². The van der Waals surface area contributed by atoms with Gasteiger partial charge in [0.05, 0.1) is 0 Å². The van der Waals surface area contributed by atoms with Gasteiger partial charge < -0.3 is 5.73 Å². The smallest absolute Gasteiger partial charge is 0.00741 e. The predicted octanol–water partition coefficient (Wildman–Crippen LogP) is 4.14. The van der Waals surface area contributed by atoms with E-state index in [1.807, 2.05) is 6.07 Å². The topological polar surface area (TPSA) is 26.0 Å². The first-order valence-electron chi connectivity index (χ1n) is 6.82. The summed E-state index contributed by atoms with van der Waals surface area (Å²) in [7, 11) is 0. The third-order valence-corrected chi connectivity index (χ3v) is 3.23. The molecule has 0 amide bonds. The minimum atomic E-state index is 0.753. The molecule has 0 spiro atoms. The molecule has 0 bridgehead atoms. The normalized spacial score (nSPS) is 11.6. The van der Waals surface area contributed by atoms with Crippen LogP contribution in [0, 0.1) is 0 Å². The molecule has 2 rings (SSSR count). The largest absolute Gasteiger partial charge is 0.330 e. The highest BCUT2D eigenvalue weighted by atomic mass is 14.5. The lowest BCUT2D eigenvalue weighted by atomic mass is 10.0. The lowest BCUT2D eigenvalue weighted by molar-refractivity contribution is 0.832. The lowest BCUT2D eigenvalue weighted by Crippen LogP contribution is -2.00. The highest BCUT2D eigenvalue weighted by Crippen LogP contribution is 2.18. The van der Waals surface area contributed by atoms with Gasteiger partial charge >= 0.3 is 0 Å². The second-order valence-electron chi connectivity index (χ2n) is 4.83. The van der Waals surface area contributed by atoms with Gasteiger partial charge in [-0.25, -0.2) is 0 Å². The zero-order valence-electron chi connectivity index (χ0n) is 11.5. The van der Waals surface area contributed by atoms with Crippen molar-refractivity contribution in [3.63, 3.8) is 0 Å². The molecule has 0 radical (unpaired) electrons. The maximum absolute atomic E-state index is 5.56. The molecule has 0 unspecified atom stereocenters. The summed E-state index contributed by atoms with van der Waals surface area (Å²) in [6, 6.07) is 19.2. The fourth-order valence-electron chi connectivity index (χ4n) is 2.18. The minimum absolute atomic E-state index is 0.753. The molecule has 0 aliphatic carbocycles. The van der Waals surface area contributed by atoms with E-state index < -0.39 is 0 Å². The molecule has 0 saturated heterocycles. The fraction of sp³-hybridized carbons (Fsp3) is 0.222. The van der Waals surface area contributed by atoms with E-state index in [4.69, 9.17) is 5.73 Å². The van der Waals surface area contributed by atoms with Crippen LogP contribution in [-0.4, -0.2) is 6.54 Å². The molecule has 0 aromatic heterocycles. The van der Waals surface area contributed by atoms with E-state index in [1.165, 1.54) is 22.3 Å². The first kappa shape index (κ1) is 13.6. The zero-order valence-corrected chi connectivity index (χ0v) is 11.5. The van der Waals surface area contributed by atoms with Crippen molar-refractivity contribution in [1.29, 1.82) is 0 Å². The van der Waals surface area contributed by atoms with Gasteiger partial charge in [0.2, 0.25) is 0 Å². The van der Waals surface area contributed by atoms with Crippen LogP contribution in [0.3, 0.4) is 0 Å². The van der Waals surface area contributed by atoms with Crippen molar-refractivity contribution in [2.24, 2.45) is 5.73 Å². The number of allylic oxidation sites excluding steroid dienone is 1. The first-order chi connectivity index (χ1) is 9.29. The highest BCUT2D eigenvalue weighted by molar-refractivity contribution is 5.80. The third-order valence-electron chi connectivity index (χ3n) is 3.23. The maximum atomic E-state index is 5.56. The lowest BCUT2D eigenvalue weighted by Gasteiger charge is -2.04. The van der Waals surface area contributed by atoms with Crippen molar-refractivity contribution in [2.75, 3.05) is 6.54 Å². The van der Waals surface area contributed by atoms with Crippen LogP contribution >= 0.6 is 0 Å². The summed E-state index contributed by atoms with van der Waals surface area (Å²) in [6.45, 7) is 2.91. The molecule has 98 valence electrons. The van der Waals surface area contributed by atoms with Gasteiger partial charge in [0.1, 0.15) is 0 Å². The van der Waals surface area contributed by atoms with E-state index in [-0.39, 0.29) is 0 Å². The van der Waals surface area contributed by atoms with E-state index in [0.29, 0.717) is 0 Å². The number of benzene rings is 2. The van der Waals surface area contributed by atoms with E-state index in [0.717, 1.165) is 19.4 Å². The van der Waals surface area contributed by atoms with Crippen molar-refractivity contribution in [3.8, 4) is 0 Å². The Balaban J connectivity index is 2.18. The molecule has 1 nitrogen and oxygen atoms in total. The Kier molecular flexibility index (Phi) is 4.93. The van der Waals surface area contributed by atoms with Crippen LogP contribution in [-0.2, 0) is 6.42 Å². The number of hydrogen-bond donors (Lipinski definition) is 1. The summed E-state index contributed by atoms with van der Waals surface area (Å²) >= 11 is 0. The van der Waals surface area contributed by atoms with Gasteiger partial charge in [0.25, 0.3) is 0 Å². The summed E-state index contributed by atoms with van der Waals surface area (Å²) in [6.07, 6.45) is 4.34. The molecular weight excluding hydrogens is 230 g/mol. The molecule has 0 aliphatic heterocycles. The van der Waals surface area contributed by atoms with Gasteiger partial charge in [0.15, 0.2) is 0 Å². The van der Waals surface area contributed by atoms with Crippen LogP contribution in [0.2, 0.25) is 0 Å². The van der Waals surface area contributed by atoms with E-state index >= 15 is 0 Å². The molecule has 2 N–H and O–H groups in total. The van der Waals surface area contributed by atoms with Gasteiger partial charge in [-0.2, -0.15) is 0 Å². The molecule has 0 atom stereocenters. The zero-order chi connectivity index (χ0) is 13.5. The Morgan fingerprint density at radius 2 is 1.84 bits per heavy atom. The van der Waals surface area contributed by atoms with Crippen molar-refractivity contribution < 1.29 is 0 Å². The second-order valence-corrected chi connectivity index (χ2v) is 4.83. The third kappa shape index (κ3) is 4.08. The molecule has 2 aromatic rings. The van der Waals surface area contributed by atoms with Crippen molar-refractivity contribution in [2.45, 2.75) is 19.8 Å². The minimum Gasteiger partial charge on any atom is -0.330 e. The second kappa shape index (κ2) is 6.91. The van der Waals surface area contributed by atoms with Gasteiger partial charge in [-0.05, 0) is 48.6 Å². The summed E-state index contributed by atoms with van der Waals surface area (Å²) < 4.78 is 0. The number of aryl methyl sites for hydroxylation is 1. The van der Waals surface area contributed by atoms with E-state index in [1.54, 1.807) is 0 Å². The summed E-state index contributed by atoms with van der Waals surface area (Å²) in [5.41, 5.74) is 10.7. The van der Waals surface area contributed by atoms with Gasteiger partial charge in [-0.3, -0.25) is 0 Å². The number of rotatable bonds is 5. The van der Waals surface area contributed by atoms with Gasteiger partial charge in [-0.1, -0.05) is 60.7 Å². The highest BCUT2D eigenvalue weighted by Gasteiger charge is 1.97. The Labute approximate surface area is 115 Å². The summed E-state index contributed by atoms with van der Waals surface area (Å²) in [5.74, 6) is 0. The van der Waals surface area contributed by atoms with Gasteiger partial charge in [-0.15, -0.1) is 0 Å². The van der Waals surface area contributed by atoms with Crippen LogP contribution in [0.4, 0.5) is 0 Å². The SMILES string of the molecule is C/C(=C\c1cccc(CCCN)c1)c1ccccc1. The molecule has 1 heteroatoms. The molecule has 0 aliphatic rings. The summed E-state index contributed by atoms with van der Waals surface area (Å²) in [4.78, 5) is 0. The summed E-state index contributed by atoms with van der Waals surface area (Å²) in [5, 5.41) is 0. The van der Waals surface area contributed by atoms with Crippen molar-refractivity contribution in [1.82, 2.24) is 0 Å². The number of hydrogen-bond acceptors (Lipinski definition) is 1. The van der Waals surface area contributed by atoms with Crippen molar-refractivity contribution in [3.05, 3.63) is 71.3 Å². The average molecular weight is 251 g/mol. The van der Waals surface area contributed by atoms with Crippen LogP contribution in [0.15, 0.2) is 54.6 Å². The van der Waals surface area contributed by atoms with E-state index in [2.05, 4.69) is 61.5 Å². The Bertz CT molecular complexity index is 541. The Morgan fingerprint density at radius 1 is 1.05 bits per heavy atom.